The van der Waals surface area contributed by atoms with Crippen LogP contribution >= 0.6 is 23.7 Å². The highest BCUT2D eigenvalue weighted by Gasteiger charge is 2.28. The number of sulfonamides is 1. The quantitative estimate of drug-likeness (QED) is 0.788. The standard InChI is InChI=1S/C16H19FN2O2S2.ClH/c17-15-5-3-14(4-6-15)7-8-18-9-11-19(12-10-18)23(20,21)16-2-1-13-22-16;/h1-6,13H,7-12H2;1H. The molecule has 0 amide bonds. The van der Waals surface area contributed by atoms with Crippen molar-refractivity contribution in [2.45, 2.75) is 10.6 Å². The van der Waals surface area contributed by atoms with Crippen LogP contribution in [0.2, 0.25) is 0 Å². The predicted octanol–water partition coefficient (Wildman–Crippen LogP) is 2.86. The fourth-order valence-electron chi connectivity index (χ4n) is 2.67. The third kappa shape index (κ3) is 4.55. The number of hydrogen-bond donors (Lipinski definition) is 0. The van der Waals surface area contributed by atoms with Crippen LogP contribution in [-0.2, 0) is 16.4 Å². The first-order valence-corrected chi connectivity index (χ1v) is 9.88. The van der Waals surface area contributed by atoms with E-state index in [0.717, 1.165) is 31.6 Å². The molecule has 2 heterocycles. The monoisotopic (exact) mass is 390 g/mol. The molecule has 1 saturated heterocycles. The number of thiophene rings is 1. The molecule has 8 heteroatoms. The molecule has 4 nitrogen and oxygen atoms in total. The summed E-state index contributed by atoms with van der Waals surface area (Å²) in [6.07, 6.45) is 0.845. The lowest BCUT2D eigenvalue weighted by atomic mass is 10.1. The van der Waals surface area contributed by atoms with Crippen LogP contribution in [0, 0.1) is 5.82 Å². The topological polar surface area (TPSA) is 40.6 Å². The van der Waals surface area contributed by atoms with Gasteiger partial charge in [-0.1, -0.05) is 18.2 Å². The van der Waals surface area contributed by atoms with Gasteiger partial charge in [0.05, 0.1) is 0 Å². The van der Waals surface area contributed by atoms with Crippen LogP contribution in [0.4, 0.5) is 4.39 Å². The minimum atomic E-state index is -3.33. The Kier molecular flexibility index (Phi) is 6.77. The van der Waals surface area contributed by atoms with E-state index in [2.05, 4.69) is 4.90 Å². The van der Waals surface area contributed by atoms with Crippen molar-refractivity contribution in [3.63, 3.8) is 0 Å². The van der Waals surface area contributed by atoms with Gasteiger partial charge in [-0.2, -0.15) is 4.31 Å². The molecule has 24 heavy (non-hydrogen) atoms. The van der Waals surface area contributed by atoms with Crippen LogP contribution < -0.4 is 0 Å². The summed E-state index contributed by atoms with van der Waals surface area (Å²) in [5.41, 5.74) is 1.10. The Morgan fingerprint density at radius 2 is 1.71 bits per heavy atom. The van der Waals surface area contributed by atoms with Gasteiger partial charge in [0.15, 0.2) is 0 Å². The van der Waals surface area contributed by atoms with Crippen LogP contribution in [0.25, 0.3) is 0 Å². The molecule has 132 valence electrons. The van der Waals surface area contributed by atoms with Gasteiger partial charge < -0.3 is 4.90 Å². The molecule has 0 bridgehead atoms. The molecule has 0 spiro atoms. The lowest BCUT2D eigenvalue weighted by molar-refractivity contribution is 0.190. The molecule has 0 aliphatic carbocycles. The fraction of sp³-hybridized carbons (Fsp3) is 0.375. The van der Waals surface area contributed by atoms with Gasteiger partial charge in [0.25, 0.3) is 10.0 Å². The number of nitrogens with zero attached hydrogens (tertiary/aromatic N) is 2. The van der Waals surface area contributed by atoms with Crippen LogP contribution in [0.3, 0.4) is 0 Å². The fourth-order valence-corrected chi connectivity index (χ4v) is 5.24. The third-order valence-electron chi connectivity index (χ3n) is 4.05. The Hall–Kier alpha value is -0.990. The van der Waals surface area contributed by atoms with Gasteiger partial charge in [0, 0.05) is 32.7 Å². The summed E-state index contributed by atoms with van der Waals surface area (Å²) in [5, 5.41) is 1.78. The zero-order valence-corrected chi connectivity index (χ0v) is 15.5. The molecule has 3 rings (SSSR count). The SMILES string of the molecule is Cl.O=S(=O)(c1cccs1)N1CCN(CCc2ccc(F)cc2)CC1. The van der Waals surface area contributed by atoms with Crippen molar-refractivity contribution in [3.05, 3.63) is 53.2 Å². The maximum Gasteiger partial charge on any atom is 0.252 e. The van der Waals surface area contributed by atoms with Gasteiger partial charge in [0.1, 0.15) is 10.0 Å². The van der Waals surface area contributed by atoms with E-state index in [4.69, 9.17) is 0 Å². The molecule has 0 unspecified atom stereocenters. The maximum atomic E-state index is 12.9. The van der Waals surface area contributed by atoms with Crippen molar-refractivity contribution >= 4 is 33.8 Å². The van der Waals surface area contributed by atoms with E-state index < -0.39 is 10.0 Å². The van der Waals surface area contributed by atoms with Gasteiger partial charge >= 0.3 is 0 Å². The van der Waals surface area contributed by atoms with Gasteiger partial charge in [0.2, 0.25) is 0 Å². The van der Waals surface area contributed by atoms with E-state index in [0.29, 0.717) is 17.3 Å². The second kappa shape index (κ2) is 8.40. The van der Waals surface area contributed by atoms with E-state index >= 15 is 0 Å². The third-order valence-corrected chi connectivity index (χ3v) is 7.32. The number of benzene rings is 1. The summed E-state index contributed by atoms with van der Waals surface area (Å²) >= 11 is 1.26. The van der Waals surface area contributed by atoms with Gasteiger partial charge in [-0.25, -0.2) is 12.8 Å². The van der Waals surface area contributed by atoms with Crippen molar-refractivity contribution in [2.75, 3.05) is 32.7 Å². The number of hydrogen-bond acceptors (Lipinski definition) is 4. The van der Waals surface area contributed by atoms with Crippen LogP contribution in [-0.4, -0.2) is 50.3 Å². The molecule has 1 aromatic carbocycles. The largest absolute Gasteiger partial charge is 0.300 e. The van der Waals surface area contributed by atoms with Gasteiger partial charge in [-0.15, -0.1) is 23.7 Å². The van der Waals surface area contributed by atoms with E-state index in [1.807, 2.05) is 0 Å². The Morgan fingerprint density at radius 1 is 1.04 bits per heavy atom. The molecule has 0 atom stereocenters. The Labute approximate surface area is 152 Å². The lowest BCUT2D eigenvalue weighted by Gasteiger charge is -2.33. The average molecular weight is 391 g/mol. The summed E-state index contributed by atoms with van der Waals surface area (Å²) in [7, 11) is -3.33. The van der Waals surface area contributed by atoms with Gasteiger partial charge in [-0.3, -0.25) is 0 Å². The molecule has 1 fully saturated rings. The van der Waals surface area contributed by atoms with Crippen LogP contribution in [0.1, 0.15) is 5.56 Å². The van der Waals surface area contributed by atoms with Crippen molar-refractivity contribution < 1.29 is 12.8 Å². The molecule has 0 radical (unpaired) electrons. The molecule has 1 aliphatic rings. The van der Waals surface area contributed by atoms with E-state index in [9.17, 15) is 12.8 Å². The molecule has 0 saturated carbocycles. The average Bonchev–Trinajstić information content (AvgIpc) is 3.10. The normalized spacial score (nSPS) is 16.7. The van der Waals surface area contributed by atoms with E-state index in [-0.39, 0.29) is 18.2 Å². The number of piperazine rings is 1. The van der Waals surface area contributed by atoms with Crippen molar-refractivity contribution in [1.29, 1.82) is 0 Å². The highest BCUT2D eigenvalue weighted by Crippen LogP contribution is 2.22. The van der Waals surface area contributed by atoms with Crippen molar-refractivity contribution in [2.24, 2.45) is 0 Å². The zero-order chi connectivity index (χ0) is 16.3. The lowest BCUT2D eigenvalue weighted by Crippen LogP contribution is -2.48. The summed E-state index contributed by atoms with van der Waals surface area (Å²) in [4.78, 5) is 2.25. The van der Waals surface area contributed by atoms with Crippen molar-refractivity contribution in [1.82, 2.24) is 9.21 Å². The van der Waals surface area contributed by atoms with Crippen molar-refractivity contribution in [3.8, 4) is 0 Å². The predicted molar refractivity (Wildman–Crippen MR) is 96.9 cm³/mol. The second-order valence-corrected chi connectivity index (χ2v) is 8.67. The smallest absolute Gasteiger partial charge is 0.252 e. The van der Waals surface area contributed by atoms with Crippen LogP contribution in [0.15, 0.2) is 46.0 Å². The summed E-state index contributed by atoms with van der Waals surface area (Å²) < 4.78 is 39.8. The van der Waals surface area contributed by atoms with E-state index in [1.165, 1.54) is 23.5 Å². The second-order valence-electron chi connectivity index (χ2n) is 5.55. The summed E-state index contributed by atoms with van der Waals surface area (Å²) in [5.74, 6) is -0.221. The first-order chi connectivity index (χ1) is 11.1. The molecule has 1 aliphatic heterocycles. The van der Waals surface area contributed by atoms with Gasteiger partial charge in [-0.05, 0) is 35.6 Å². The highest BCUT2D eigenvalue weighted by atomic mass is 35.5. The Morgan fingerprint density at radius 3 is 2.29 bits per heavy atom. The molecular formula is C16H20ClFN2O2S2. The molecule has 2 aromatic rings. The Balaban J connectivity index is 0.00000208. The first-order valence-electron chi connectivity index (χ1n) is 7.56. The molecular weight excluding hydrogens is 371 g/mol. The van der Waals surface area contributed by atoms with E-state index in [1.54, 1.807) is 34.0 Å². The first kappa shape index (κ1) is 19.3. The number of halogens is 2. The Bertz CT molecular complexity index is 728. The minimum Gasteiger partial charge on any atom is -0.300 e. The highest BCUT2D eigenvalue weighted by molar-refractivity contribution is 7.91. The number of rotatable bonds is 5. The molecule has 1 aromatic heterocycles. The zero-order valence-electron chi connectivity index (χ0n) is 13.1. The maximum absolute atomic E-state index is 12.9. The summed E-state index contributed by atoms with van der Waals surface area (Å²) in [6, 6.07) is 9.96. The minimum absolute atomic E-state index is 0. The molecule has 0 N–H and O–H groups in total. The summed E-state index contributed by atoms with van der Waals surface area (Å²) in [6.45, 7) is 3.35. The van der Waals surface area contributed by atoms with Crippen LogP contribution in [0.5, 0.6) is 0 Å².